The predicted octanol–water partition coefficient (Wildman–Crippen LogP) is 2.22. The Morgan fingerprint density at radius 3 is 2.88 bits per heavy atom. The second kappa shape index (κ2) is 6.76. The molecular formula is C10H14BrClN4O. The number of anilines is 1. The Hall–Kier alpha value is -0.880. The summed E-state index contributed by atoms with van der Waals surface area (Å²) in [4.78, 5) is 19.2. The van der Waals surface area contributed by atoms with Gasteiger partial charge in [-0.15, -0.1) is 0 Å². The van der Waals surface area contributed by atoms with E-state index in [0.717, 1.165) is 0 Å². The molecule has 0 spiro atoms. The normalized spacial score (nSPS) is 10.4. The van der Waals surface area contributed by atoms with Gasteiger partial charge in [0.2, 0.25) is 5.91 Å². The van der Waals surface area contributed by atoms with Crippen molar-refractivity contribution in [3.63, 3.8) is 0 Å². The molecule has 17 heavy (non-hydrogen) atoms. The van der Waals surface area contributed by atoms with Gasteiger partial charge >= 0.3 is 0 Å². The maximum atomic E-state index is 11.4. The molecule has 0 aliphatic carbocycles. The minimum atomic E-state index is 0.00350. The van der Waals surface area contributed by atoms with E-state index in [-0.39, 0.29) is 11.9 Å². The molecule has 5 nitrogen and oxygen atoms in total. The Kier molecular flexibility index (Phi) is 5.64. The van der Waals surface area contributed by atoms with Gasteiger partial charge in [-0.1, -0.05) is 11.6 Å². The van der Waals surface area contributed by atoms with E-state index in [0.29, 0.717) is 28.4 Å². The summed E-state index contributed by atoms with van der Waals surface area (Å²) in [5, 5.41) is 6.16. The summed E-state index contributed by atoms with van der Waals surface area (Å²) in [5.74, 6) is 0.589. The van der Waals surface area contributed by atoms with E-state index >= 15 is 0 Å². The van der Waals surface area contributed by atoms with Gasteiger partial charge in [-0.2, -0.15) is 0 Å². The number of rotatable bonds is 5. The standard InChI is InChI=1S/C10H14BrClN4O/c1-6(2)16-7(17)3-4-13-10-8(11)9(12)14-5-15-10/h5-6H,3-4H2,1-2H3,(H,16,17)(H,13,14,15). The first-order valence-corrected chi connectivity index (χ1v) is 6.37. The van der Waals surface area contributed by atoms with E-state index in [4.69, 9.17) is 11.6 Å². The van der Waals surface area contributed by atoms with Gasteiger partial charge in [0.05, 0.1) is 4.47 Å². The van der Waals surface area contributed by atoms with Crippen LogP contribution in [0.4, 0.5) is 5.82 Å². The summed E-state index contributed by atoms with van der Waals surface area (Å²) in [6, 6.07) is 0.155. The van der Waals surface area contributed by atoms with Crippen LogP contribution in [0.3, 0.4) is 0 Å². The molecule has 0 saturated heterocycles. The second-order valence-corrected chi connectivity index (χ2v) is 4.88. The number of aromatic nitrogens is 2. The highest BCUT2D eigenvalue weighted by Gasteiger charge is 2.07. The quantitative estimate of drug-likeness (QED) is 0.816. The predicted molar refractivity (Wildman–Crippen MR) is 71.1 cm³/mol. The number of carbonyl (C=O) groups is 1. The van der Waals surface area contributed by atoms with E-state index in [9.17, 15) is 4.79 Å². The van der Waals surface area contributed by atoms with Gasteiger partial charge in [-0.3, -0.25) is 4.79 Å². The van der Waals surface area contributed by atoms with Crippen molar-refractivity contribution in [1.82, 2.24) is 15.3 Å². The van der Waals surface area contributed by atoms with Crippen molar-refractivity contribution >= 4 is 39.3 Å². The number of halogens is 2. The number of nitrogens with one attached hydrogen (secondary N) is 2. The number of carbonyl (C=O) groups excluding carboxylic acids is 1. The lowest BCUT2D eigenvalue weighted by Crippen LogP contribution is -2.31. The molecule has 0 radical (unpaired) electrons. The molecule has 0 aliphatic heterocycles. The van der Waals surface area contributed by atoms with Gasteiger partial charge in [0, 0.05) is 19.0 Å². The van der Waals surface area contributed by atoms with Gasteiger partial charge in [0.1, 0.15) is 17.3 Å². The molecule has 1 amide bonds. The molecule has 7 heteroatoms. The fourth-order valence-corrected chi connectivity index (χ4v) is 1.64. The zero-order valence-electron chi connectivity index (χ0n) is 9.63. The molecule has 0 unspecified atom stereocenters. The van der Waals surface area contributed by atoms with Crippen LogP contribution >= 0.6 is 27.5 Å². The van der Waals surface area contributed by atoms with Crippen LogP contribution in [0.5, 0.6) is 0 Å². The third-order valence-electron chi connectivity index (χ3n) is 1.84. The molecule has 1 aromatic heterocycles. The summed E-state index contributed by atoms with van der Waals surface area (Å²) in [6.07, 6.45) is 1.75. The van der Waals surface area contributed by atoms with Crippen molar-refractivity contribution in [3.8, 4) is 0 Å². The highest BCUT2D eigenvalue weighted by atomic mass is 79.9. The Bertz CT molecular complexity index is 400. The van der Waals surface area contributed by atoms with E-state index in [1.165, 1.54) is 6.33 Å². The number of hydrogen-bond acceptors (Lipinski definition) is 4. The molecule has 94 valence electrons. The van der Waals surface area contributed by atoms with Crippen LogP contribution < -0.4 is 10.6 Å². The largest absolute Gasteiger partial charge is 0.368 e. The Morgan fingerprint density at radius 1 is 1.53 bits per heavy atom. The van der Waals surface area contributed by atoms with Crippen molar-refractivity contribution in [2.45, 2.75) is 26.3 Å². The Morgan fingerprint density at radius 2 is 2.24 bits per heavy atom. The molecule has 0 aliphatic rings. The molecule has 0 aromatic carbocycles. The van der Waals surface area contributed by atoms with E-state index < -0.39 is 0 Å². The maximum absolute atomic E-state index is 11.4. The molecule has 1 heterocycles. The highest BCUT2D eigenvalue weighted by molar-refractivity contribution is 9.10. The molecule has 1 aromatic rings. The zero-order valence-corrected chi connectivity index (χ0v) is 12.0. The van der Waals surface area contributed by atoms with Crippen LogP contribution in [0.1, 0.15) is 20.3 Å². The molecular weight excluding hydrogens is 307 g/mol. The SMILES string of the molecule is CC(C)NC(=O)CCNc1ncnc(Cl)c1Br. The molecule has 2 N–H and O–H groups in total. The number of hydrogen-bond donors (Lipinski definition) is 2. The van der Waals surface area contributed by atoms with Crippen molar-refractivity contribution in [1.29, 1.82) is 0 Å². The van der Waals surface area contributed by atoms with Crippen LogP contribution in [-0.4, -0.2) is 28.5 Å². The third-order valence-corrected chi connectivity index (χ3v) is 3.11. The smallest absolute Gasteiger partial charge is 0.221 e. The Balaban J connectivity index is 2.41. The van der Waals surface area contributed by atoms with Crippen molar-refractivity contribution < 1.29 is 4.79 Å². The molecule has 0 bridgehead atoms. The number of nitrogens with zero attached hydrogens (tertiary/aromatic N) is 2. The first-order chi connectivity index (χ1) is 8.00. The van der Waals surface area contributed by atoms with Crippen LogP contribution in [0, 0.1) is 0 Å². The molecule has 1 rings (SSSR count). The van der Waals surface area contributed by atoms with Crippen LogP contribution in [0.15, 0.2) is 10.8 Å². The maximum Gasteiger partial charge on any atom is 0.221 e. The van der Waals surface area contributed by atoms with Crippen molar-refractivity contribution in [2.75, 3.05) is 11.9 Å². The molecule has 0 atom stereocenters. The summed E-state index contributed by atoms with van der Waals surface area (Å²) in [6.45, 7) is 4.34. The van der Waals surface area contributed by atoms with Crippen molar-refractivity contribution in [3.05, 3.63) is 16.0 Å². The fraction of sp³-hybridized carbons (Fsp3) is 0.500. The monoisotopic (exact) mass is 320 g/mol. The lowest BCUT2D eigenvalue weighted by Gasteiger charge is -2.10. The van der Waals surface area contributed by atoms with Gasteiger partial charge < -0.3 is 10.6 Å². The second-order valence-electron chi connectivity index (χ2n) is 3.73. The lowest BCUT2D eigenvalue weighted by molar-refractivity contribution is -0.121. The first-order valence-electron chi connectivity index (χ1n) is 5.20. The van der Waals surface area contributed by atoms with E-state index in [1.54, 1.807) is 0 Å². The zero-order chi connectivity index (χ0) is 12.8. The van der Waals surface area contributed by atoms with Crippen LogP contribution in [0.2, 0.25) is 5.15 Å². The minimum Gasteiger partial charge on any atom is -0.368 e. The summed E-state index contributed by atoms with van der Waals surface area (Å²) in [5.41, 5.74) is 0. The average Bonchev–Trinajstić information content (AvgIpc) is 2.23. The molecule has 0 fully saturated rings. The lowest BCUT2D eigenvalue weighted by atomic mass is 10.3. The minimum absolute atomic E-state index is 0.00350. The summed E-state index contributed by atoms with van der Waals surface area (Å²) in [7, 11) is 0. The highest BCUT2D eigenvalue weighted by Crippen LogP contribution is 2.25. The topological polar surface area (TPSA) is 66.9 Å². The van der Waals surface area contributed by atoms with Gasteiger partial charge in [0.15, 0.2) is 0 Å². The van der Waals surface area contributed by atoms with Crippen LogP contribution in [0.25, 0.3) is 0 Å². The number of amides is 1. The first kappa shape index (κ1) is 14.2. The van der Waals surface area contributed by atoms with Gasteiger partial charge in [-0.25, -0.2) is 9.97 Å². The van der Waals surface area contributed by atoms with Gasteiger partial charge in [0.25, 0.3) is 0 Å². The van der Waals surface area contributed by atoms with E-state index in [1.807, 2.05) is 13.8 Å². The average molecular weight is 322 g/mol. The summed E-state index contributed by atoms with van der Waals surface area (Å²) >= 11 is 9.07. The third kappa shape index (κ3) is 4.87. The fourth-order valence-electron chi connectivity index (χ4n) is 1.16. The van der Waals surface area contributed by atoms with Gasteiger partial charge in [-0.05, 0) is 29.8 Å². The van der Waals surface area contributed by atoms with Crippen LogP contribution in [-0.2, 0) is 4.79 Å². The Labute approximate surface area is 113 Å². The summed E-state index contributed by atoms with van der Waals surface area (Å²) < 4.78 is 0.603. The van der Waals surface area contributed by atoms with E-state index in [2.05, 4.69) is 36.5 Å². The molecule has 0 saturated carbocycles. The van der Waals surface area contributed by atoms with Crippen molar-refractivity contribution in [2.24, 2.45) is 0 Å².